The lowest BCUT2D eigenvalue weighted by Crippen LogP contribution is -2.50. The van der Waals surface area contributed by atoms with Crippen LogP contribution in [-0.4, -0.2) is 66.9 Å². The predicted octanol–water partition coefficient (Wildman–Crippen LogP) is 5.26. The summed E-state index contributed by atoms with van der Waals surface area (Å²) in [5.74, 6) is -1.79. The average molecular weight is 603 g/mol. The molecular formula is C28H29F7N4O3. The Labute approximate surface area is 237 Å². The van der Waals surface area contributed by atoms with E-state index in [-0.39, 0.29) is 42.9 Å². The number of likely N-dealkylation sites (N-methyl/N-ethyl adjacent to an activating group) is 1. The summed E-state index contributed by atoms with van der Waals surface area (Å²) in [7, 11) is 2.41. The lowest BCUT2D eigenvalue weighted by atomic mass is 9.79. The van der Waals surface area contributed by atoms with Gasteiger partial charge in [-0.1, -0.05) is 12.1 Å². The van der Waals surface area contributed by atoms with E-state index in [2.05, 4.69) is 5.32 Å². The van der Waals surface area contributed by atoms with Gasteiger partial charge in [0.1, 0.15) is 5.82 Å². The van der Waals surface area contributed by atoms with Crippen molar-refractivity contribution >= 4 is 23.5 Å². The molecule has 0 aromatic heterocycles. The van der Waals surface area contributed by atoms with Gasteiger partial charge in [0.05, 0.1) is 17.2 Å². The summed E-state index contributed by atoms with van der Waals surface area (Å²) in [5, 5.41) is 2.75. The molecule has 4 rings (SSSR count). The van der Waals surface area contributed by atoms with Gasteiger partial charge in [-0.25, -0.2) is 9.18 Å². The standard InChI is InChI=1S/C28H29F7N4O3/c1-15(40)36-21-8-17(9-21)25(41)39-13-23(16-4-6-20(29)7-5-16)24(14-39)38(3)26(42)37(2)22-11-18(27(30,31)32)10-19(12-22)28(33,34)35/h4-7,10-12,17,21,23-24H,8-9,13-14H2,1-3H3,(H,36,40)/t17-,21-,23-,24+/m0/s1. The molecule has 0 radical (unpaired) electrons. The molecule has 2 aromatic carbocycles. The third-order valence-electron chi connectivity index (χ3n) is 7.84. The van der Waals surface area contributed by atoms with Crippen LogP contribution in [0, 0.1) is 11.7 Å². The highest BCUT2D eigenvalue weighted by atomic mass is 19.4. The van der Waals surface area contributed by atoms with E-state index in [1.165, 1.54) is 43.1 Å². The summed E-state index contributed by atoms with van der Waals surface area (Å²) >= 11 is 0. The van der Waals surface area contributed by atoms with Crippen LogP contribution in [0.2, 0.25) is 0 Å². The van der Waals surface area contributed by atoms with Crippen LogP contribution in [0.3, 0.4) is 0 Å². The molecule has 7 nitrogen and oxygen atoms in total. The van der Waals surface area contributed by atoms with Gasteiger partial charge in [-0.2, -0.15) is 26.3 Å². The number of rotatable bonds is 5. The molecule has 1 saturated carbocycles. The molecule has 42 heavy (non-hydrogen) atoms. The molecular weight excluding hydrogens is 573 g/mol. The van der Waals surface area contributed by atoms with E-state index in [1.807, 2.05) is 0 Å². The van der Waals surface area contributed by atoms with Gasteiger partial charge in [-0.15, -0.1) is 0 Å². The summed E-state index contributed by atoms with van der Waals surface area (Å²) in [6, 6.07) is 4.59. The molecule has 14 heteroatoms. The van der Waals surface area contributed by atoms with Gasteiger partial charge in [-0.05, 0) is 48.7 Å². The fourth-order valence-corrected chi connectivity index (χ4v) is 5.50. The zero-order chi connectivity index (χ0) is 31.1. The van der Waals surface area contributed by atoms with Gasteiger partial charge in [0, 0.05) is 57.7 Å². The molecule has 228 valence electrons. The first-order chi connectivity index (χ1) is 19.5. The maximum atomic E-state index is 13.6. The molecule has 0 unspecified atom stereocenters. The van der Waals surface area contributed by atoms with Crippen LogP contribution >= 0.6 is 0 Å². The molecule has 0 bridgehead atoms. The van der Waals surface area contributed by atoms with Crippen molar-refractivity contribution in [1.82, 2.24) is 15.1 Å². The highest BCUT2D eigenvalue weighted by molar-refractivity contribution is 5.92. The zero-order valence-corrected chi connectivity index (χ0v) is 22.9. The van der Waals surface area contributed by atoms with Gasteiger partial charge in [0.15, 0.2) is 0 Å². The Morgan fingerprint density at radius 1 is 0.881 bits per heavy atom. The van der Waals surface area contributed by atoms with Crippen LogP contribution in [0.15, 0.2) is 42.5 Å². The zero-order valence-electron chi connectivity index (χ0n) is 22.9. The van der Waals surface area contributed by atoms with E-state index in [0.717, 1.165) is 7.05 Å². The highest BCUT2D eigenvalue weighted by Gasteiger charge is 2.45. The largest absolute Gasteiger partial charge is 0.416 e. The Kier molecular flexibility index (Phi) is 8.47. The maximum absolute atomic E-state index is 13.6. The van der Waals surface area contributed by atoms with Gasteiger partial charge >= 0.3 is 18.4 Å². The lowest BCUT2D eigenvalue weighted by Gasteiger charge is -2.37. The van der Waals surface area contributed by atoms with Crippen molar-refractivity contribution in [3.05, 3.63) is 65.0 Å². The smallest absolute Gasteiger partial charge is 0.354 e. The SMILES string of the molecule is CC(=O)N[C@H]1C[C@H](C(=O)N2C[C@@H](N(C)C(=O)N(C)c3cc(C(F)(F)F)cc(C(F)(F)F)c3)[C@H](c3ccc(F)cc3)C2)C1. The Bertz CT molecular complexity index is 1310. The second kappa shape index (κ2) is 11.4. The van der Waals surface area contributed by atoms with Crippen molar-refractivity contribution in [2.45, 2.75) is 50.1 Å². The summed E-state index contributed by atoms with van der Waals surface area (Å²) in [6.07, 6.45) is -9.30. The Morgan fingerprint density at radius 2 is 1.43 bits per heavy atom. The molecule has 2 aliphatic rings. The van der Waals surface area contributed by atoms with Gasteiger partial charge in [-0.3, -0.25) is 14.5 Å². The monoisotopic (exact) mass is 602 g/mol. The first-order valence-corrected chi connectivity index (χ1v) is 13.1. The molecule has 2 aromatic rings. The number of nitrogens with one attached hydrogen (secondary N) is 1. The van der Waals surface area contributed by atoms with Crippen molar-refractivity contribution in [2.24, 2.45) is 5.92 Å². The molecule has 1 aliphatic heterocycles. The number of anilines is 1. The number of carbonyl (C=O) groups excluding carboxylic acids is 3. The van der Waals surface area contributed by atoms with Crippen molar-refractivity contribution in [1.29, 1.82) is 0 Å². The predicted molar refractivity (Wildman–Crippen MR) is 138 cm³/mol. The second-order valence-electron chi connectivity index (χ2n) is 10.8. The van der Waals surface area contributed by atoms with Crippen molar-refractivity contribution < 1.29 is 45.1 Å². The lowest BCUT2D eigenvalue weighted by molar-refractivity contribution is -0.143. The number of alkyl halides is 6. The first-order valence-electron chi connectivity index (χ1n) is 13.1. The summed E-state index contributed by atoms with van der Waals surface area (Å²) in [6.45, 7) is 1.56. The normalized spacial score (nSPS) is 22.4. The van der Waals surface area contributed by atoms with Crippen LogP contribution in [0.5, 0.6) is 0 Å². The number of halogens is 7. The molecule has 1 saturated heterocycles. The molecule has 2 fully saturated rings. The van der Waals surface area contributed by atoms with Gasteiger partial charge in [0.25, 0.3) is 0 Å². The van der Waals surface area contributed by atoms with E-state index >= 15 is 0 Å². The van der Waals surface area contributed by atoms with E-state index < -0.39 is 53.0 Å². The Morgan fingerprint density at radius 3 is 1.93 bits per heavy atom. The van der Waals surface area contributed by atoms with Crippen LogP contribution in [-0.2, 0) is 21.9 Å². The number of hydrogen-bond acceptors (Lipinski definition) is 3. The minimum absolute atomic E-state index is 0.0203. The number of amides is 4. The van der Waals surface area contributed by atoms with Gasteiger partial charge < -0.3 is 15.1 Å². The quantitative estimate of drug-likeness (QED) is 0.475. The number of urea groups is 1. The van der Waals surface area contributed by atoms with E-state index in [9.17, 15) is 45.1 Å². The third-order valence-corrected chi connectivity index (χ3v) is 7.84. The Balaban J connectivity index is 1.59. The maximum Gasteiger partial charge on any atom is 0.416 e. The molecule has 4 amide bonds. The van der Waals surface area contributed by atoms with Crippen LogP contribution < -0.4 is 10.2 Å². The molecule has 1 heterocycles. The number of likely N-dealkylation sites (tertiary alicyclic amines) is 1. The number of hydrogen-bond donors (Lipinski definition) is 1. The highest BCUT2D eigenvalue weighted by Crippen LogP contribution is 2.39. The minimum Gasteiger partial charge on any atom is -0.354 e. The van der Waals surface area contributed by atoms with Crippen LogP contribution in [0.1, 0.15) is 42.4 Å². The van der Waals surface area contributed by atoms with E-state index in [0.29, 0.717) is 35.4 Å². The van der Waals surface area contributed by atoms with Crippen molar-refractivity contribution in [3.8, 4) is 0 Å². The molecule has 1 aliphatic carbocycles. The fraction of sp³-hybridized carbons (Fsp3) is 0.464. The molecule has 2 atom stereocenters. The summed E-state index contributed by atoms with van der Waals surface area (Å²) in [4.78, 5) is 41.5. The van der Waals surface area contributed by atoms with Crippen LogP contribution in [0.25, 0.3) is 0 Å². The topological polar surface area (TPSA) is 73.0 Å². The second-order valence-corrected chi connectivity index (χ2v) is 10.8. The molecule has 1 N–H and O–H groups in total. The number of carbonyl (C=O) groups is 3. The van der Waals surface area contributed by atoms with E-state index in [1.54, 1.807) is 4.90 Å². The van der Waals surface area contributed by atoms with Crippen molar-refractivity contribution in [2.75, 3.05) is 32.1 Å². The average Bonchev–Trinajstić information content (AvgIpc) is 3.33. The minimum atomic E-state index is -5.09. The summed E-state index contributed by atoms with van der Waals surface area (Å²) < 4.78 is 94.1. The fourth-order valence-electron chi connectivity index (χ4n) is 5.50. The van der Waals surface area contributed by atoms with Crippen molar-refractivity contribution in [3.63, 3.8) is 0 Å². The number of benzene rings is 2. The van der Waals surface area contributed by atoms with Gasteiger partial charge in [0.2, 0.25) is 11.8 Å². The van der Waals surface area contributed by atoms with E-state index in [4.69, 9.17) is 0 Å². The number of nitrogens with zero attached hydrogens (tertiary/aromatic N) is 3. The summed E-state index contributed by atoms with van der Waals surface area (Å²) in [5.41, 5.74) is -3.14. The molecule has 0 spiro atoms. The first kappa shape index (κ1) is 31.1. The third kappa shape index (κ3) is 6.62. The van der Waals surface area contributed by atoms with Crippen LogP contribution in [0.4, 0.5) is 41.2 Å². The Hall–Kier alpha value is -3.84.